The molecule has 1 heterocycles. The van der Waals surface area contributed by atoms with Crippen LogP contribution in [0.2, 0.25) is 0 Å². The van der Waals surface area contributed by atoms with Crippen molar-refractivity contribution in [3.8, 4) is 5.75 Å². The Morgan fingerprint density at radius 1 is 1.16 bits per heavy atom. The number of para-hydroxylation sites is 2. The summed E-state index contributed by atoms with van der Waals surface area (Å²) in [6.45, 7) is 6.41. The summed E-state index contributed by atoms with van der Waals surface area (Å²) in [5.41, 5.74) is 4.99. The Bertz CT molecular complexity index is 672. The number of likely N-dealkylation sites (tertiary alicyclic amines) is 1. The summed E-state index contributed by atoms with van der Waals surface area (Å²) in [5.74, 6) is 1.68. The first-order valence-electron chi connectivity index (χ1n) is 9.09. The number of piperidine rings is 1. The smallest absolute Gasteiger partial charge is 0.128 e. The van der Waals surface area contributed by atoms with Crippen molar-refractivity contribution in [3.05, 3.63) is 60.2 Å². The number of hydrogen-bond acceptors (Lipinski definition) is 4. The molecule has 1 aliphatic heterocycles. The van der Waals surface area contributed by atoms with E-state index in [0.717, 1.165) is 29.5 Å². The fraction of sp³-hybridized carbons (Fsp3) is 0.381. The molecule has 1 fully saturated rings. The van der Waals surface area contributed by atoms with Crippen molar-refractivity contribution in [3.63, 3.8) is 0 Å². The highest BCUT2D eigenvalue weighted by molar-refractivity contribution is 5.83. The van der Waals surface area contributed by atoms with Crippen molar-refractivity contribution in [2.45, 2.75) is 19.8 Å². The number of hydrogen-bond donors (Lipinski definition) is 1. The van der Waals surface area contributed by atoms with Crippen LogP contribution in [0.3, 0.4) is 0 Å². The maximum absolute atomic E-state index is 6.02. The minimum absolute atomic E-state index is 0.712. The van der Waals surface area contributed by atoms with Gasteiger partial charge >= 0.3 is 0 Å². The zero-order valence-corrected chi connectivity index (χ0v) is 14.9. The van der Waals surface area contributed by atoms with Gasteiger partial charge in [-0.25, -0.2) is 0 Å². The summed E-state index contributed by atoms with van der Waals surface area (Å²) in [6, 6.07) is 18.0. The van der Waals surface area contributed by atoms with Gasteiger partial charge in [-0.2, -0.15) is 5.10 Å². The summed E-state index contributed by atoms with van der Waals surface area (Å²) in [5, 5.41) is 4.31. The van der Waals surface area contributed by atoms with Crippen molar-refractivity contribution < 1.29 is 4.74 Å². The van der Waals surface area contributed by atoms with E-state index in [9.17, 15) is 0 Å². The van der Waals surface area contributed by atoms with E-state index in [1.807, 2.05) is 60.8 Å². The van der Waals surface area contributed by atoms with Crippen LogP contribution in [-0.4, -0.2) is 37.4 Å². The van der Waals surface area contributed by atoms with Crippen LogP contribution in [-0.2, 0) is 0 Å². The molecule has 0 bridgehead atoms. The maximum atomic E-state index is 6.02. The molecule has 1 saturated heterocycles. The molecule has 4 nitrogen and oxygen atoms in total. The zero-order chi connectivity index (χ0) is 17.3. The van der Waals surface area contributed by atoms with Gasteiger partial charge in [0.2, 0.25) is 0 Å². The molecule has 3 rings (SSSR count). The van der Waals surface area contributed by atoms with Crippen LogP contribution in [0.1, 0.15) is 25.3 Å². The lowest BCUT2D eigenvalue weighted by molar-refractivity contribution is 0.153. The summed E-state index contributed by atoms with van der Waals surface area (Å²) in [4.78, 5) is 2.50. The van der Waals surface area contributed by atoms with E-state index < -0.39 is 0 Å². The SMILES string of the molecule is CC1CCCN(CCOc2ccccc2C=NNc2ccccc2)C1. The number of benzene rings is 2. The van der Waals surface area contributed by atoms with Crippen molar-refractivity contribution in [2.75, 3.05) is 31.7 Å². The number of nitrogens with zero attached hydrogens (tertiary/aromatic N) is 2. The largest absolute Gasteiger partial charge is 0.492 e. The summed E-state index contributed by atoms with van der Waals surface area (Å²) in [7, 11) is 0. The van der Waals surface area contributed by atoms with E-state index >= 15 is 0 Å². The lowest BCUT2D eigenvalue weighted by Crippen LogP contribution is -2.37. The van der Waals surface area contributed by atoms with E-state index in [1.54, 1.807) is 0 Å². The molecule has 2 aromatic rings. The van der Waals surface area contributed by atoms with Crippen LogP contribution >= 0.6 is 0 Å². The molecule has 1 aliphatic rings. The molecule has 1 N–H and O–H groups in total. The Morgan fingerprint density at radius 3 is 2.80 bits per heavy atom. The quantitative estimate of drug-likeness (QED) is 0.606. The lowest BCUT2D eigenvalue weighted by Gasteiger charge is -2.30. The number of rotatable bonds is 7. The van der Waals surface area contributed by atoms with Crippen molar-refractivity contribution in [1.82, 2.24) is 4.90 Å². The van der Waals surface area contributed by atoms with Gasteiger partial charge in [0.1, 0.15) is 12.4 Å². The molecule has 132 valence electrons. The Balaban J connectivity index is 1.52. The average molecular weight is 337 g/mol. The van der Waals surface area contributed by atoms with Gasteiger partial charge in [-0.1, -0.05) is 37.3 Å². The fourth-order valence-corrected chi connectivity index (χ4v) is 3.18. The summed E-state index contributed by atoms with van der Waals surface area (Å²) >= 11 is 0. The molecule has 0 saturated carbocycles. The van der Waals surface area contributed by atoms with Crippen LogP contribution in [0.4, 0.5) is 5.69 Å². The Hall–Kier alpha value is -2.33. The molecule has 0 spiro atoms. The normalized spacial score (nSPS) is 18.4. The van der Waals surface area contributed by atoms with Crippen LogP contribution in [0, 0.1) is 5.92 Å². The fourth-order valence-electron chi connectivity index (χ4n) is 3.18. The van der Waals surface area contributed by atoms with Crippen molar-refractivity contribution >= 4 is 11.9 Å². The van der Waals surface area contributed by atoms with E-state index in [2.05, 4.69) is 22.4 Å². The Morgan fingerprint density at radius 2 is 1.96 bits per heavy atom. The molecule has 25 heavy (non-hydrogen) atoms. The van der Waals surface area contributed by atoms with Crippen LogP contribution < -0.4 is 10.2 Å². The molecule has 0 amide bonds. The molecular formula is C21H27N3O. The van der Waals surface area contributed by atoms with Gasteiger partial charge in [0, 0.05) is 18.7 Å². The predicted molar refractivity (Wildman–Crippen MR) is 104 cm³/mol. The molecule has 0 aliphatic carbocycles. The number of ether oxygens (including phenoxy) is 1. The summed E-state index contributed by atoms with van der Waals surface area (Å²) in [6.07, 6.45) is 4.46. The highest BCUT2D eigenvalue weighted by atomic mass is 16.5. The third-order valence-corrected chi connectivity index (χ3v) is 4.50. The Kier molecular flexibility index (Phi) is 6.46. The second-order valence-corrected chi connectivity index (χ2v) is 6.67. The maximum Gasteiger partial charge on any atom is 0.128 e. The van der Waals surface area contributed by atoms with Gasteiger partial charge in [-0.15, -0.1) is 0 Å². The standard InChI is InChI=1S/C21H27N3O/c1-18-8-7-13-24(17-18)14-15-25-21-12-6-5-9-19(21)16-22-23-20-10-3-2-4-11-20/h2-6,9-12,16,18,23H,7-8,13-15,17H2,1H3. The van der Waals surface area contributed by atoms with Gasteiger partial charge in [0.15, 0.2) is 0 Å². The monoisotopic (exact) mass is 337 g/mol. The van der Waals surface area contributed by atoms with Gasteiger partial charge in [0.25, 0.3) is 0 Å². The van der Waals surface area contributed by atoms with E-state index in [-0.39, 0.29) is 0 Å². The van der Waals surface area contributed by atoms with Crippen molar-refractivity contribution in [1.29, 1.82) is 0 Å². The first-order chi connectivity index (χ1) is 12.3. The number of nitrogens with one attached hydrogen (secondary N) is 1. The van der Waals surface area contributed by atoms with Crippen LogP contribution in [0.15, 0.2) is 59.7 Å². The summed E-state index contributed by atoms with van der Waals surface area (Å²) < 4.78 is 6.02. The third kappa shape index (κ3) is 5.61. The topological polar surface area (TPSA) is 36.9 Å². The second kappa shape index (κ2) is 9.23. The molecule has 1 atom stereocenters. The molecule has 4 heteroatoms. The molecule has 0 aromatic heterocycles. The Labute approximate surface area is 150 Å². The van der Waals surface area contributed by atoms with E-state index in [0.29, 0.717) is 6.61 Å². The van der Waals surface area contributed by atoms with Gasteiger partial charge < -0.3 is 4.74 Å². The average Bonchev–Trinajstić information content (AvgIpc) is 2.64. The van der Waals surface area contributed by atoms with Crippen molar-refractivity contribution in [2.24, 2.45) is 11.0 Å². The second-order valence-electron chi connectivity index (χ2n) is 6.67. The zero-order valence-electron chi connectivity index (χ0n) is 14.9. The molecule has 0 radical (unpaired) electrons. The third-order valence-electron chi connectivity index (χ3n) is 4.50. The van der Waals surface area contributed by atoms with Gasteiger partial charge in [-0.3, -0.25) is 10.3 Å². The highest BCUT2D eigenvalue weighted by Crippen LogP contribution is 2.18. The number of hydrazone groups is 1. The molecule has 1 unspecified atom stereocenters. The highest BCUT2D eigenvalue weighted by Gasteiger charge is 2.15. The molecule has 2 aromatic carbocycles. The first-order valence-corrected chi connectivity index (χ1v) is 9.09. The van der Waals surface area contributed by atoms with Gasteiger partial charge in [0.05, 0.1) is 11.9 Å². The van der Waals surface area contributed by atoms with E-state index in [1.165, 1.54) is 25.9 Å². The van der Waals surface area contributed by atoms with Crippen LogP contribution in [0.25, 0.3) is 0 Å². The number of anilines is 1. The minimum atomic E-state index is 0.712. The van der Waals surface area contributed by atoms with E-state index in [4.69, 9.17) is 4.74 Å². The minimum Gasteiger partial charge on any atom is -0.492 e. The van der Waals surface area contributed by atoms with Gasteiger partial charge in [-0.05, 0) is 49.6 Å². The first kappa shape index (κ1) is 17.5. The predicted octanol–water partition coefficient (Wildman–Crippen LogP) is 4.24. The lowest BCUT2D eigenvalue weighted by atomic mass is 10.0. The molecular weight excluding hydrogens is 310 g/mol. The van der Waals surface area contributed by atoms with Crippen LogP contribution in [0.5, 0.6) is 5.75 Å².